The topological polar surface area (TPSA) is 91.4 Å². The number of aliphatic hydroxyl groups is 2. The Bertz CT molecular complexity index is 1230. The summed E-state index contributed by atoms with van der Waals surface area (Å²) >= 11 is 0. The van der Waals surface area contributed by atoms with Crippen molar-refractivity contribution in [3.05, 3.63) is 64.8 Å². The van der Waals surface area contributed by atoms with Crippen LogP contribution in [0.25, 0.3) is 4.85 Å². The van der Waals surface area contributed by atoms with Crippen LogP contribution in [-0.2, 0) is 16.2 Å². The van der Waals surface area contributed by atoms with Gasteiger partial charge in [-0.25, -0.2) is 22.0 Å². The number of β-amino-alcohol motifs (C(OH)–C–C–N with tert-alkyl or cyclic N) is 1. The van der Waals surface area contributed by atoms with Gasteiger partial charge in [0.05, 0.1) is 24.6 Å². The monoisotopic (exact) mass is 496 g/mol. The second-order valence-corrected chi connectivity index (χ2v) is 9.04. The third-order valence-electron chi connectivity index (χ3n) is 4.99. The summed E-state index contributed by atoms with van der Waals surface area (Å²) in [5.74, 6) is -6.04. The Morgan fingerprint density at radius 3 is 2.42 bits per heavy atom. The molecule has 0 unspecified atom stereocenters. The van der Waals surface area contributed by atoms with Crippen LogP contribution in [0.1, 0.15) is 5.56 Å². The number of rotatable bonds is 5. The lowest BCUT2D eigenvalue weighted by Gasteiger charge is -2.27. The molecule has 1 aliphatic heterocycles. The van der Waals surface area contributed by atoms with Gasteiger partial charge in [0.1, 0.15) is 11.7 Å². The summed E-state index contributed by atoms with van der Waals surface area (Å²) in [6.07, 6.45) is -6.51. The molecule has 2 aromatic rings. The maximum atomic E-state index is 14.0. The van der Waals surface area contributed by atoms with Crippen molar-refractivity contribution in [2.75, 3.05) is 19.7 Å². The van der Waals surface area contributed by atoms with Crippen molar-refractivity contribution in [3.63, 3.8) is 0 Å². The summed E-state index contributed by atoms with van der Waals surface area (Å²) in [6, 6.07) is 2.60. The van der Waals surface area contributed by atoms with Crippen molar-refractivity contribution in [1.29, 1.82) is 0 Å². The van der Waals surface area contributed by atoms with E-state index in [9.17, 15) is 45.0 Å². The molecule has 2 N–H and O–H groups in total. The maximum Gasteiger partial charge on any atom is 0.415 e. The van der Waals surface area contributed by atoms with Crippen molar-refractivity contribution in [2.45, 2.75) is 22.8 Å². The van der Waals surface area contributed by atoms with Gasteiger partial charge in [0.2, 0.25) is 21.5 Å². The smallest absolute Gasteiger partial charge is 0.415 e. The molecule has 0 amide bonds. The van der Waals surface area contributed by atoms with Crippen molar-refractivity contribution in [3.8, 4) is 5.75 Å². The molecular weight excluding hydrogens is 482 g/mol. The minimum Gasteiger partial charge on any atom is -0.483 e. The minimum atomic E-state index is -4.83. The highest BCUT2D eigenvalue weighted by Gasteiger charge is 2.51. The Morgan fingerprint density at radius 2 is 1.85 bits per heavy atom. The molecule has 0 spiro atoms. The molecule has 1 saturated heterocycles. The van der Waals surface area contributed by atoms with Crippen molar-refractivity contribution >= 4 is 15.7 Å². The van der Waals surface area contributed by atoms with Crippen LogP contribution < -0.4 is 4.74 Å². The van der Waals surface area contributed by atoms with Gasteiger partial charge in [0.25, 0.3) is 0 Å². The number of alkyl halides is 3. The van der Waals surface area contributed by atoms with E-state index in [0.717, 1.165) is 0 Å². The molecule has 0 radical (unpaired) electrons. The molecule has 1 fully saturated rings. The molecule has 33 heavy (non-hydrogen) atoms. The van der Waals surface area contributed by atoms with Crippen LogP contribution in [0.15, 0.2) is 35.2 Å². The maximum absolute atomic E-state index is 14.0. The van der Waals surface area contributed by atoms with Gasteiger partial charge in [-0.3, -0.25) is 0 Å². The van der Waals surface area contributed by atoms with E-state index >= 15 is 0 Å². The first-order valence-corrected chi connectivity index (χ1v) is 10.4. The van der Waals surface area contributed by atoms with E-state index < -0.39 is 86.9 Å². The minimum absolute atomic E-state index is 0.346. The van der Waals surface area contributed by atoms with Gasteiger partial charge >= 0.3 is 6.18 Å². The summed E-state index contributed by atoms with van der Waals surface area (Å²) in [6.45, 7) is 4.35. The fourth-order valence-corrected chi connectivity index (χ4v) is 4.81. The lowest BCUT2D eigenvalue weighted by atomic mass is 10.0. The Labute approximate surface area is 183 Å². The van der Waals surface area contributed by atoms with E-state index in [1.807, 2.05) is 0 Å². The van der Waals surface area contributed by atoms with Crippen LogP contribution in [0.2, 0.25) is 0 Å². The number of aliphatic hydroxyl groups excluding tert-OH is 1. The number of halogens is 6. The normalized spacial score (nSPS) is 21.7. The zero-order valence-electron chi connectivity index (χ0n) is 16.3. The highest BCUT2D eigenvalue weighted by Crippen LogP contribution is 2.38. The summed E-state index contributed by atoms with van der Waals surface area (Å²) in [5, 5.41) is 20.2. The van der Waals surface area contributed by atoms with Crippen LogP contribution in [0.4, 0.5) is 32.0 Å². The molecule has 0 aromatic heterocycles. The lowest BCUT2D eigenvalue weighted by Crippen LogP contribution is -2.48. The predicted octanol–water partition coefficient (Wildman–Crippen LogP) is 2.85. The first-order valence-electron chi connectivity index (χ1n) is 8.97. The summed E-state index contributed by atoms with van der Waals surface area (Å²) < 4.78 is 111. The van der Waals surface area contributed by atoms with Crippen LogP contribution in [0, 0.1) is 24.0 Å². The summed E-state index contributed by atoms with van der Waals surface area (Å²) in [7, 11) is -4.70. The average Bonchev–Trinajstić information content (AvgIpc) is 3.10. The third kappa shape index (κ3) is 4.49. The van der Waals surface area contributed by atoms with Gasteiger partial charge in [-0.05, 0) is 18.2 Å². The molecular formula is C19H14F6N2O5S. The van der Waals surface area contributed by atoms with Crippen LogP contribution in [0.3, 0.4) is 0 Å². The second-order valence-electron chi connectivity index (χ2n) is 7.13. The Kier molecular flexibility index (Phi) is 6.37. The molecule has 0 saturated carbocycles. The summed E-state index contributed by atoms with van der Waals surface area (Å²) in [5.41, 5.74) is -4.43. The van der Waals surface area contributed by atoms with Crippen LogP contribution >= 0.6 is 0 Å². The molecule has 1 heterocycles. The Hall–Kier alpha value is -2.86. The summed E-state index contributed by atoms with van der Waals surface area (Å²) in [4.78, 5) is 2.03. The molecule has 2 aromatic carbocycles. The molecule has 7 nitrogen and oxygen atoms in total. The molecule has 2 atom stereocenters. The van der Waals surface area contributed by atoms with Crippen LogP contribution in [-0.4, -0.2) is 54.3 Å². The number of ether oxygens (including phenoxy) is 1. The van der Waals surface area contributed by atoms with E-state index in [-0.39, 0.29) is 0 Å². The number of hydrogen-bond acceptors (Lipinski definition) is 5. The number of nitrogens with zero attached hydrogens (tertiary/aromatic N) is 2. The van der Waals surface area contributed by atoms with Gasteiger partial charge in [-0.15, -0.1) is 0 Å². The van der Waals surface area contributed by atoms with Gasteiger partial charge in [0, 0.05) is 12.1 Å². The van der Waals surface area contributed by atoms with E-state index in [1.165, 1.54) is 0 Å². The largest absolute Gasteiger partial charge is 0.483 e. The van der Waals surface area contributed by atoms with Crippen molar-refractivity contribution < 1.29 is 49.7 Å². The fourth-order valence-electron chi connectivity index (χ4n) is 3.20. The van der Waals surface area contributed by atoms with Gasteiger partial charge < -0.3 is 14.9 Å². The zero-order chi connectivity index (χ0) is 24.8. The lowest BCUT2D eigenvalue weighted by molar-refractivity contribution is -0.137. The third-order valence-corrected chi connectivity index (χ3v) is 6.85. The van der Waals surface area contributed by atoms with Crippen molar-refractivity contribution in [2.24, 2.45) is 0 Å². The van der Waals surface area contributed by atoms with Crippen molar-refractivity contribution in [1.82, 2.24) is 4.31 Å². The number of hydrogen-bond donors (Lipinski definition) is 2. The average molecular weight is 496 g/mol. The quantitative estimate of drug-likeness (QED) is 0.378. The molecule has 0 aliphatic carbocycles. The standard InChI is InChI=1S/C19H14F6N2O5S/c1-26-12-6-10(19(23,24)25)2-5-14(12)33(30,31)27-7-15(18(29,8-27)9-28)32-13-4-3-11(20)16(21)17(13)22/h2-6,15,28-29H,7-9H2/t15-,18+/m0/s1. The highest BCUT2D eigenvalue weighted by atomic mass is 32.2. The molecule has 1 aliphatic rings. The predicted molar refractivity (Wildman–Crippen MR) is 99.2 cm³/mol. The van der Waals surface area contributed by atoms with Gasteiger partial charge in [0.15, 0.2) is 17.4 Å². The van der Waals surface area contributed by atoms with Crippen LogP contribution in [0.5, 0.6) is 5.75 Å². The first-order chi connectivity index (χ1) is 15.2. The molecule has 14 heteroatoms. The second kappa shape index (κ2) is 8.49. The van der Waals surface area contributed by atoms with E-state index in [4.69, 9.17) is 11.3 Å². The number of benzene rings is 2. The molecule has 0 bridgehead atoms. The SMILES string of the molecule is [C-]#[N+]c1cc(C(F)(F)F)ccc1S(=O)(=O)N1C[C@H](Oc2ccc(F)c(F)c2F)[C@](O)(CO)C1. The molecule has 3 rings (SSSR count). The van der Waals surface area contributed by atoms with E-state index in [1.54, 1.807) is 0 Å². The zero-order valence-corrected chi connectivity index (χ0v) is 17.1. The number of sulfonamides is 1. The Balaban J connectivity index is 1.96. The first kappa shape index (κ1) is 24.8. The fraction of sp³-hybridized carbons (Fsp3) is 0.316. The highest BCUT2D eigenvalue weighted by molar-refractivity contribution is 7.89. The van der Waals surface area contributed by atoms with Gasteiger partial charge in [-0.2, -0.15) is 21.9 Å². The Morgan fingerprint density at radius 1 is 1.18 bits per heavy atom. The molecule has 178 valence electrons. The van der Waals surface area contributed by atoms with E-state index in [2.05, 4.69) is 4.85 Å². The van der Waals surface area contributed by atoms with Gasteiger partial charge in [-0.1, -0.05) is 12.1 Å². The van der Waals surface area contributed by atoms with E-state index in [0.29, 0.717) is 34.6 Å².